The minimum Gasteiger partial charge on any atom is -0.465 e. The summed E-state index contributed by atoms with van der Waals surface area (Å²) in [6.45, 7) is -1.38. The summed E-state index contributed by atoms with van der Waals surface area (Å²) < 4.78 is 34.2. The average Bonchev–Trinajstić information content (AvgIpc) is 3.05. The van der Waals surface area contributed by atoms with E-state index in [0.29, 0.717) is 0 Å². The number of amides is 1. The van der Waals surface area contributed by atoms with Crippen LogP contribution in [0.1, 0.15) is 23.2 Å². The molecule has 2 atom stereocenters. The van der Waals surface area contributed by atoms with E-state index in [1.165, 1.54) is 19.2 Å². The zero-order chi connectivity index (χ0) is 17.3. The van der Waals surface area contributed by atoms with Crippen molar-refractivity contribution >= 4 is 17.6 Å². The average molecular weight is 340 g/mol. The summed E-state index contributed by atoms with van der Waals surface area (Å²) in [4.78, 5) is 23.9. The number of nitrogens with one attached hydrogen (secondary N) is 2. The van der Waals surface area contributed by atoms with Gasteiger partial charge in [-0.15, -0.1) is 0 Å². The zero-order valence-electron chi connectivity index (χ0n) is 13.1. The van der Waals surface area contributed by atoms with Gasteiger partial charge in [0.1, 0.15) is 5.75 Å². The molecule has 0 bridgehead atoms. The van der Waals surface area contributed by atoms with Crippen molar-refractivity contribution in [2.75, 3.05) is 25.5 Å². The fourth-order valence-corrected chi connectivity index (χ4v) is 3.24. The molecule has 2 aliphatic rings. The predicted molar refractivity (Wildman–Crippen MR) is 81.1 cm³/mol. The van der Waals surface area contributed by atoms with Gasteiger partial charge in [0.2, 0.25) is 5.91 Å². The fraction of sp³-hybridized carbons (Fsp3) is 0.500. The number of benzene rings is 1. The van der Waals surface area contributed by atoms with Gasteiger partial charge in [-0.2, -0.15) is 8.78 Å². The number of carbonyl (C=O) groups is 2. The van der Waals surface area contributed by atoms with E-state index >= 15 is 0 Å². The number of halogens is 2. The molecule has 1 spiro atoms. The first-order valence-electron chi connectivity index (χ1n) is 7.64. The Morgan fingerprint density at radius 3 is 2.83 bits per heavy atom. The van der Waals surface area contributed by atoms with E-state index in [1.54, 1.807) is 0 Å². The summed E-state index contributed by atoms with van der Waals surface area (Å²) in [7, 11) is 1.19. The molecule has 2 N–H and O–H groups in total. The van der Waals surface area contributed by atoms with Crippen LogP contribution in [-0.4, -0.2) is 38.7 Å². The third-order valence-electron chi connectivity index (χ3n) is 4.66. The molecule has 1 heterocycles. The standard InChI is InChI=1S/C16H18F2N2O4/c1-23-14(22)9-2-3-11(12(6-9)24-15(17)18)20-13(21)10-7-16(10)4-5-19-8-16/h2-3,6,10,15,19H,4-5,7-8H2,1H3,(H,20,21)/t10-,16-/m1/s1. The van der Waals surface area contributed by atoms with Gasteiger partial charge >= 0.3 is 12.6 Å². The molecule has 1 aliphatic carbocycles. The van der Waals surface area contributed by atoms with E-state index in [0.717, 1.165) is 32.0 Å². The lowest BCUT2D eigenvalue weighted by atomic mass is 10.0. The monoisotopic (exact) mass is 340 g/mol. The number of alkyl halides is 2. The Morgan fingerprint density at radius 2 is 2.21 bits per heavy atom. The lowest BCUT2D eigenvalue weighted by molar-refractivity contribution is -0.118. The topological polar surface area (TPSA) is 76.7 Å². The summed E-state index contributed by atoms with van der Waals surface area (Å²) >= 11 is 0. The Kier molecular flexibility index (Phi) is 4.40. The zero-order valence-corrected chi connectivity index (χ0v) is 13.1. The maximum atomic E-state index is 12.6. The molecule has 0 aromatic heterocycles. The molecular weight excluding hydrogens is 322 g/mol. The summed E-state index contributed by atoms with van der Waals surface area (Å²) in [5, 5.41) is 5.87. The molecule has 130 valence electrons. The van der Waals surface area contributed by atoms with E-state index in [-0.39, 0.29) is 34.2 Å². The largest absolute Gasteiger partial charge is 0.465 e. The minimum absolute atomic E-state index is 0.000223. The van der Waals surface area contributed by atoms with Gasteiger partial charge in [-0.25, -0.2) is 4.79 Å². The van der Waals surface area contributed by atoms with Crippen LogP contribution < -0.4 is 15.4 Å². The molecule has 1 aromatic carbocycles. The second-order valence-electron chi connectivity index (χ2n) is 6.12. The SMILES string of the molecule is COC(=O)c1ccc(NC(=O)[C@H]2C[C@@]23CCNC3)c(OC(F)F)c1. The highest BCUT2D eigenvalue weighted by molar-refractivity contribution is 5.97. The predicted octanol–water partition coefficient (Wildman–Crippen LogP) is 2.01. The van der Waals surface area contributed by atoms with Crippen LogP contribution in [0.3, 0.4) is 0 Å². The number of esters is 1. The van der Waals surface area contributed by atoms with E-state index in [4.69, 9.17) is 0 Å². The number of carbonyl (C=O) groups excluding carboxylic acids is 2. The smallest absolute Gasteiger partial charge is 0.387 e. The van der Waals surface area contributed by atoms with Crippen LogP contribution in [0, 0.1) is 11.3 Å². The van der Waals surface area contributed by atoms with Crippen molar-refractivity contribution < 1.29 is 27.8 Å². The first-order valence-corrected chi connectivity index (χ1v) is 7.64. The van der Waals surface area contributed by atoms with Crippen LogP contribution >= 0.6 is 0 Å². The normalized spacial score (nSPS) is 24.9. The second kappa shape index (κ2) is 6.35. The van der Waals surface area contributed by atoms with Gasteiger partial charge in [-0.3, -0.25) is 4.79 Å². The molecule has 0 radical (unpaired) electrons. The molecule has 8 heteroatoms. The molecule has 24 heavy (non-hydrogen) atoms. The van der Waals surface area contributed by atoms with E-state index in [2.05, 4.69) is 20.1 Å². The van der Waals surface area contributed by atoms with Crippen molar-refractivity contribution in [2.45, 2.75) is 19.5 Å². The highest BCUT2D eigenvalue weighted by Crippen LogP contribution is 2.57. The van der Waals surface area contributed by atoms with Gasteiger partial charge in [0.15, 0.2) is 0 Å². The summed E-state index contributed by atoms with van der Waals surface area (Å²) in [5.41, 5.74) is 0.176. The van der Waals surface area contributed by atoms with Gasteiger partial charge in [-0.1, -0.05) is 0 Å². The summed E-state index contributed by atoms with van der Waals surface area (Å²) in [6, 6.07) is 3.89. The van der Waals surface area contributed by atoms with Crippen LogP contribution in [0.5, 0.6) is 5.75 Å². The first kappa shape index (κ1) is 16.6. The number of methoxy groups -OCH3 is 1. The Morgan fingerprint density at radius 1 is 1.42 bits per heavy atom. The maximum absolute atomic E-state index is 12.6. The Hall–Kier alpha value is -2.22. The summed E-state index contributed by atoms with van der Waals surface area (Å²) in [6.07, 6.45) is 1.73. The molecule has 1 aromatic rings. The Bertz CT molecular complexity index is 659. The van der Waals surface area contributed by atoms with Crippen molar-refractivity contribution in [1.82, 2.24) is 5.32 Å². The molecule has 2 fully saturated rings. The molecule has 6 nitrogen and oxygen atoms in total. The van der Waals surface area contributed by atoms with Crippen molar-refractivity contribution in [1.29, 1.82) is 0 Å². The van der Waals surface area contributed by atoms with E-state index < -0.39 is 12.6 Å². The van der Waals surface area contributed by atoms with Gasteiger partial charge < -0.3 is 20.1 Å². The Labute approximate surface area is 137 Å². The van der Waals surface area contributed by atoms with E-state index in [1.807, 2.05) is 0 Å². The quantitative estimate of drug-likeness (QED) is 0.802. The molecule has 3 rings (SSSR count). The highest BCUT2D eigenvalue weighted by atomic mass is 19.3. The van der Waals surface area contributed by atoms with Crippen molar-refractivity contribution in [3.63, 3.8) is 0 Å². The molecular formula is C16H18F2N2O4. The number of ether oxygens (including phenoxy) is 2. The van der Waals surface area contributed by atoms with Crippen LogP contribution in [0.15, 0.2) is 18.2 Å². The number of hydrogen-bond donors (Lipinski definition) is 2. The maximum Gasteiger partial charge on any atom is 0.387 e. The molecule has 1 saturated carbocycles. The molecule has 0 unspecified atom stereocenters. The number of anilines is 1. The van der Waals surface area contributed by atoms with Crippen molar-refractivity contribution in [3.05, 3.63) is 23.8 Å². The highest BCUT2D eigenvalue weighted by Gasteiger charge is 2.59. The molecule has 1 aliphatic heterocycles. The Balaban J connectivity index is 1.76. The third-order valence-corrected chi connectivity index (χ3v) is 4.66. The summed E-state index contributed by atoms with van der Waals surface area (Å²) in [5.74, 6) is -1.29. The van der Waals surface area contributed by atoms with Gasteiger partial charge in [0.25, 0.3) is 0 Å². The van der Waals surface area contributed by atoms with Crippen LogP contribution in [0.25, 0.3) is 0 Å². The van der Waals surface area contributed by atoms with Crippen molar-refractivity contribution in [2.24, 2.45) is 11.3 Å². The van der Waals surface area contributed by atoms with Crippen molar-refractivity contribution in [3.8, 4) is 5.75 Å². The van der Waals surface area contributed by atoms with Gasteiger partial charge in [0, 0.05) is 12.5 Å². The van der Waals surface area contributed by atoms with Gasteiger partial charge in [-0.05, 0) is 43.0 Å². The minimum atomic E-state index is -3.07. The fourth-order valence-electron chi connectivity index (χ4n) is 3.24. The van der Waals surface area contributed by atoms with Crippen LogP contribution in [0.4, 0.5) is 14.5 Å². The lowest BCUT2D eigenvalue weighted by Gasteiger charge is -2.14. The molecule has 1 amide bonds. The number of hydrogen-bond acceptors (Lipinski definition) is 5. The second-order valence-corrected chi connectivity index (χ2v) is 6.12. The van der Waals surface area contributed by atoms with Gasteiger partial charge in [0.05, 0.1) is 18.4 Å². The molecule has 1 saturated heterocycles. The first-order chi connectivity index (χ1) is 11.4. The van der Waals surface area contributed by atoms with Crippen LogP contribution in [0.2, 0.25) is 0 Å². The van der Waals surface area contributed by atoms with E-state index in [9.17, 15) is 18.4 Å². The number of rotatable bonds is 5. The van der Waals surface area contributed by atoms with Crippen LogP contribution in [-0.2, 0) is 9.53 Å². The lowest BCUT2D eigenvalue weighted by Crippen LogP contribution is -2.21. The third kappa shape index (κ3) is 3.19.